The summed E-state index contributed by atoms with van der Waals surface area (Å²) in [6.45, 7) is 4.65. The van der Waals surface area contributed by atoms with Gasteiger partial charge in [0.1, 0.15) is 23.4 Å². The zero-order chi connectivity index (χ0) is 23.6. The normalized spacial score (nSPS) is 44.0. The maximum Gasteiger partial charge on any atom is 0.304 e. The fourth-order valence-corrected chi connectivity index (χ4v) is 7.02. The molecule has 0 bridgehead atoms. The zero-order valence-electron chi connectivity index (χ0n) is 19.1. The molecule has 2 saturated heterocycles. The Morgan fingerprint density at radius 3 is 2.61 bits per heavy atom. The number of epoxide rings is 1. The Labute approximate surface area is 191 Å². The molecule has 2 saturated carbocycles. The molecule has 1 N–H and O–H groups in total. The first-order chi connectivity index (χ1) is 15.7. The minimum Gasteiger partial charge on any atom is -0.472 e. The summed E-state index contributed by atoms with van der Waals surface area (Å²) in [5.41, 5.74) is -2.26. The molecule has 8 atom stereocenters. The van der Waals surface area contributed by atoms with Crippen LogP contribution in [0.3, 0.4) is 0 Å². The summed E-state index contributed by atoms with van der Waals surface area (Å²) in [6.07, 6.45) is 2.62. The van der Waals surface area contributed by atoms with E-state index in [4.69, 9.17) is 23.4 Å². The van der Waals surface area contributed by atoms with Gasteiger partial charge in [-0.25, -0.2) is 0 Å². The summed E-state index contributed by atoms with van der Waals surface area (Å²) in [7, 11) is 0. The van der Waals surface area contributed by atoms with Gasteiger partial charge in [-0.05, 0) is 37.2 Å². The van der Waals surface area contributed by atoms with E-state index in [1.165, 1.54) is 13.8 Å². The van der Waals surface area contributed by atoms with Gasteiger partial charge in [0.25, 0.3) is 0 Å². The van der Waals surface area contributed by atoms with Crippen LogP contribution in [0.2, 0.25) is 0 Å². The number of ketones is 1. The van der Waals surface area contributed by atoms with Crippen LogP contribution in [0.5, 0.6) is 0 Å². The number of hydrogen-bond donors (Lipinski definition) is 1. The summed E-state index contributed by atoms with van der Waals surface area (Å²) < 4.78 is 28.7. The summed E-state index contributed by atoms with van der Waals surface area (Å²) >= 11 is 0. The number of fused-ring (bicyclic) bond motifs is 3. The van der Waals surface area contributed by atoms with Crippen LogP contribution in [0.25, 0.3) is 0 Å². The minimum absolute atomic E-state index is 0.0866. The Hall–Kier alpha value is -2.23. The molecule has 2 spiro atoms. The highest BCUT2D eigenvalue weighted by atomic mass is 16.7. The Kier molecular flexibility index (Phi) is 5.23. The van der Waals surface area contributed by atoms with Crippen molar-refractivity contribution in [3.05, 3.63) is 24.2 Å². The molecule has 0 aromatic carbocycles. The maximum atomic E-state index is 13.8. The second-order valence-corrected chi connectivity index (χ2v) is 10.0. The van der Waals surface area contributed by atoms with E-state index in [-0.39, 0.29) is 37.3 Å². The van der Waals surface area contributed by atoms with Crippen LogP contribution < -0.4 is 0 Å². The van der Waals surface area contributed by atoms with Gasteiger partial charge in [-0.3, -0.25) is 14.4 Å². The Balaban J connectivity index is 1.65. The standard InChI is InChI=1S/C24H30O9/c1-13-8-20(28)23(11-30-14(2)25)18(4-5-19(27)24(23)12-31-24)22(13)9-17(16-6-7-29-10-16)33-21(22)32-15(3)26/h6-7,10,13,17-19,21,27H,4-5,8-9,11-12H2,1-3H3. The molecule has 5 rings (SSSR count). The highest BCUT2D eigenvalue weighted by Gasteiger charge is 2.80. The fourth-order valence-electron chi connectivity index (χ4n) is 7.02. The van der Waals surface area contributed by atoms with Gasteiger partial charge in [-0.1, -0.05) is 6.92 Å². The quantitative estimate of drug-likeness (QED) is 0.530. The van der Waals surface area contributed by atoms with E-state index in [0.717, 1.165) is 5.56 Å². The first kappa shape index (κ1) is 22.6. The smallest absolute Gasteiger partial charge is 0.304 e. The molecule has 9 heteroatoms. The Morgan fingerprint density at radius 1 is 1.24 bits per heavy atom. The van der Waals surface area contributed by atoms with E-state index >= 15 is 0 Å². The lowest BCUT2D eigenvalue weighted by Gasteiger charge is -2.60. The van der Waals surface area contributed by atoms with Gasteiger partial charge < -0.3 is 28.5 Å². The number of aliphatic hydroxyl groups excluding tert-OH is 1. The van der Waals surface area contributed by atoms with Crippen LogP contribution in [-0.2, 0) is 33.3 Å². The number of carbonyl (C=O) groups excluding carboxylic acids is 3. The molecule has 0 radical (unpaired) electrons. The number of hydrogen-bond acceptors (Lipinski definition) is 9. The molecule has 2 aliphatic carbocycles. The summed E-state index contributed by atoms with van der Waals surface area (Å²) in [4.78, 5) is 37.8. The molecule has 3 heterocycles. The third kappa shape index (κ3) is 3.05. The summed E-state index contributed by atoms with van der Waals surface area (Å²) in [5, 5.41) is 11.0. The average molecular weight is 462 g/mol. The number of Topliss-reactive ketones (excluding diaryl/α,β-unsaturated/α-hetero) is 1. The van der Waals surface area contributed by atoms with E-state index in [1.807, 2.05) is 13.0 Å². The molecule has 0 amide bonds. The first-order valence-corrected chi connectivity index (χ1v) is 11.5. The second-order valence-electron chi connectivity index (χ2n) is 10.0. The van der Waals surface area contributed by atoms with E-state index in [0.29, 0.717) is 19.3 Å². The lowest BCUT2D eigenvalue weighted by Crippen LogP contribution is -2.70. The summed E-state index contributed by atoms with van der Waals surface area (Å²) in [6, 6.07) is 1.81. The van der Waals surface area contributed by atoms with Crippen LogP contribution in [0.1, 0.15) is 58.1 Å². The second kappa shape index (κ2) is 7.65. The molecule has 1 aromatic heterocycles. The van der Waals surface area contributed by atoms with Crippen molar-refractivity contribution >= 4 is 17.7 Å². The largest absolute Gasteiger partial charge is 0.472 e. The van der Waals surface area contributed by atoms with Crippen molar-refractivity contribution in [1.29, 1.82) is 0 Å². The molecule has 4 fully saturated rings. The minimum atomic E-state index is -1.24. The molecule has 180 valence electrons. The van der Waals surface area contributed by atoms with E-state index in [1.54, 1.807) is 12.5 Å². The average Bonchev–Trinajstić information content (AvgIpc) is 3.19. The van der Waals surface area contributed by atoms with Crippen molar-refractivity contribution < 1.29 is 42.9 Å². The van der Waals surface area contributed by atoms with Crippen molar-refractivity contribution in [2.75, 3.05) is 13.2 Å². The van der Waals surface area contributed by atoms with Crippen LogP contribution in [0.15, 0.2) is 23.0 Å². The number of rotatable bonds is 4. The molecule has 4 aliphatic rings. The van der Waals surface area contributed by atoms with Crippen LogP contribution in [-0.4, -0.2) is 54.0 Å². The molecular formula is C24H30O9. The van der Waals surface area contributed by atoms with Gasteiger partial charge in [0, 0.05) is 31.2 Å². The predicted molar refractivity (Wildman–Crippen MR) is 110 cm³/mol. The third-order valence-electron chi connectivity index (χ3n) is 8.58. The molecular weight excluding hydrogens is 432 g/mol. The summed E-state index contributed by atoms with van der Waals surface area (Å²) in [5.74, 6) is -1.62. The maximum absolute atomic E-state index is 13.8. The van der Waals surface area contributed by atoms with Gasteiger partial charge in [-0.2, -0.15) is 0 Å². The monoisotopic (exact) mass is 462 g/mol. The number of esters is 2. The molecule has 9 nitrogen and oxygen atoms in total. The van der Waals surface area contributed by atoms with Crippen molar-refractivity contribution in [3.8, 4) is 0 Å². The van der Waals surface area contributed by atoms with Crippen molar-refractivity contribution in [2.45, 2.75) is 70.6 Å². The predicted octanol–water partition coefficient (Wildman–Crippen LogP) is 2.31. The van der Waals surface area contributed by atoms with Crippen molar-refractivity contribution in [3.63, 3.8) is 0 Å². The SMILES string of the molecule is CC(=O)OCC12C(=O)CC(C)C3(CC(c4ccoc4)OC3OC(C)=O)C1CCC(O)C21CO1. The molecule has 33 heavy (non-hydrogen) atoms. The van der Waals surface area contributed by atoms with E-state index in [9.17, 15) is 19.5 Å². The van der Waals surface area contributed by atoms with E-state index in [2.05, 4.69) is 0 Å². The Bertz CT molecular complexity index is 951. The van der Waals surface area contributed by atoms with E-state index < -0.39 is 46.9 Å². The highest BCUT2D eigenvalue weighted by molar-refractivity contribution is 5.89. The zero-order valence-corrected chi connectivity index (χ0v) is 19.1. The number of furan rings is 1. The lowest BCUT2D eigenvalue weighted by molar-refractivity contribution is -0.242. The highest BCUT2D eigenvalue weighted by Crippen LogP contribution is 2.71. The number of ether oxygens (including phenoxy) is 4. The van der Waals surface area contributed by atoms with Crippen molar-refractivity contribution in [1.82, 2.24) is 0 Å². The van der Waals surface area contributed by atoms with Gasteiger partial charge in [0.05, 0.1) is 31.3 Å². The van der Waals surface area contributed by atoms with Crippen molar-refractivity contribution in [2.24, 2.45) is 22.7 Å². The number of aliphatic hydroxyl groups is 1. The topological polar surface area (TPSA) is 125 Å². The van der Waals surface area contributed by atoms with Gasteiger partial charge in [0.15, 0.2) is 0 Å². The number of carbonyl (C=O) groups is 3. The Morgan fingerprint density at radius 2 is 2.00 bits per heavy atom. The van der Waals surface area contributed by atoms with Crippen LogP contribution >= 0.6 is 0 Å². The first-order valence-electron chi connectivity index (χ1n) is 11.5. The van der Waals surface area contributed by atoms with Gasteiger partial charge >= 0.3 is 11.9 Å². The molecule has 8 unspecified atom stereocenters. The third-order valence-corrected chi connectivity index (χ3v) is 8.58. The van der Waals surface area contributed by atoms with Gasteiger partial charge in [0.2, 0.25) is 6.29 Å². The van der Waals surface area contributed by atoms with Crippen LogP contribution in [0, 0.1) is 22.7 Å². The van der Waals surface area contributed by atoms with Gasteiger partial charge in [-0.15, -0.1) is 0 Å². The fraction of sp³-hybridized carbons (Fsp3) is 0.708. The molecule has 2 aliphatic heterocycles. The van der Waals surface area contributed by atoms with Crippen LogP contribution in [0.4, 0.5) is 0 Å². The lowest BCUT2D eigenvalue weighted by atomic mass is 9.42. The molecule has 1 aromatic rings.